The maximum Gasteiger partial charge on any atom is 0.223 e. The van der Waals surface area contributed by atoms with Crippen LogP contribution in [0.25, 0.3) is 0 Å². The van der Waals surface area contributed by atoms with Gasteiger partial charge >= 0.3 is 0 Å². The van der Waals surface area contributed by atoms with Gasteiger partial charge in [-0.15, -0.1) is 12.4 Å². The summed E-state index contributed by atoms with van der Waals surface area (Å²) >= 11 is 0. The lowest BCUT2D eigenvalue weighted by atomic mass is 9.89. The summed E-state index contributed by atoms with van der Waals surface area (Å²) in [6, 6.07) is 10.2. The van der Waals surface area contributed by atoms with E-state index in [0.717, 1.165) is 6.42 Å². The summed E-state index contributed by atoms with van der Waals surface area (Å²) in [6.07, 6.45) is 1.44. The van der Waals surface area contributed by atoms with E-state index in [1.807, 2.05) is 30.0 Å². The van der Waals surface area contributed by atoms with Gasteiger partial charge in [-0.25, -0.2) is 0 Å². The molecule has 0 bridgehead atoms. The number of hydrogen-bond acceptors (Lipinski definition) is 3. The molecule has 2 atom stereocenters. The highest BCUT2D eigenvalue weighted by atomic mass is 35.5. The zero-order chi connectivity index (χ0) is 16.7. The standard InChI is InChI=1S/C18H27N3O2.ClH/c1-2-10-20-17(22)8-9-18(23)21-12-15(11-19)16(13-21)14-6-4-3-5-7-14;/h3-7,15-16H,2,8-13,19H2,1H3,(H,20,22);1H/t15-,16+;/m1./s1. The Morgan fingerprint density at radius 1 is 1.21 bits per heavy atom. The molecular weight excluding hydrogens is 326 g/mol. The fourth-order valence-electron chi connectivity index (χ4n) is 3.12. The van der Waals surface area contributed by atoms with Crippen LogP contribution < -0.4 is 11.1 Å². The van der Waals surface area contributed by atoms with Crippen molar-refractivity contribution in [2.45, 2.75) is 32.1 Å². The first kappa shape index (κ1) is 20.5. The second-order valence-electron chi connectivity index (χ2n) is 6.16. The first-order valence-corrected chi connectivity index (χ1v) is 8.45. The van der Waals surface area contributed by atoms with Crippen LogP contribution in [0.5, 0.6) is 0 Å². The van der Waals surface area contributed by atoms with Crippen LogP contribution in [0.4, 0.5) is 0 Å². The molecule has 6 heteroatoms. The average molecular weight is 354 g/mol. The number of carbonyl (C=O) groups excluding carboxylic acids is 2. The lowest BCUT2D eigenvalue weighted by Crippen LogP contribution is -2.31. The molecule has 1 aliphatic heterocycles. The van der Waals surface area contributed by atoms with Gasteiger partial charge in [0.05, 0.1) is 0 Å². The SMILES string of the molecule is CCCNC(=O)CCC(=O)N1C[C@@H](CN)[C@H](c2ccccc2)C1.Cl. The molecule has 1 heterocycles. The van der Waals surface area contributed by atoms with Crippen LogP contribution in [0.2, 0.25) is 0 Å². The van der Waals surface area contributed by atoms with E-state index in [2.05, 4.69) is 17.4 Å². The highest BCUT2D eigenvalue weighted by Gasteiger charge is 2.34. The summed E-state index contributed by atoms with van der Waals surface area (Å²) < 4.78 is 0. The molecule has 1 fully saturated rings. The number of carbonyl (C=O) groups is 2. The summed E-state index contributed by atoms with van der Waals surface area (Å²) in [5.74, 6) is 0.581. The quantitative estimate of drug-likeness (QED) is 0.786. The smallest absolute Gasteiger partial charge is 0.223 e. The number of likely N-dealkylation sites (tertiary alicyclic amines) is 1. The minimum Gasteiger partial charge on any atom is -0.356 e. The van der Waals surface area contributed by atoms with Crippen LogP contribution in [0, 0.1) is 5.92 Å². The molecule has 0 saturated carbocycles. The molecule has 24 heavy (non-hydrogen) atoms. The first-order chi connectivity index (χ1) is 11.2. The number of halogens is 1. The van der Waals surface area contributed by atoms with Crippen molar-refractivity contribution in [2.24, 2.45) is 11.7 Å². The van der Waals surface area contributed by atoms with Crippen LogP contribution in [-0.2, 0) is 9.59 Å². The molecule has 134 valence electrons. The van der Waals surface area contributed by atoms with E-state index >= 15 is 0 Å². The molecule has 0 aromatic heterocycles. The Morgan fingerprint density at radius 2 is 1.92 bits per heavy atom. The average Bonchev–Trinajstić information content (AvgIpc) is 3.03. The number of nitrogens with zero attached hydrogens (tertiary/aromatic N) is 1. The van der Waals surface area contributed by atoms with E-state index in [0.29, 0.717) is 32.1 Å². The van der Waals surface area contributed by atoms with Gasteiger partial charge in [0.15, 0.2) is 0 Å². The van der Waals surface area contributed by atoms with E-state index in [4.69, 9.17) is 5.73 Å². The highest BCUT2D eigenvalue weighted by molar-refractivity contribution is 5.85. The largest absolute Gasteiger partial charge is 0.356 e. The molecule has 0 radical (unpaired) electrons. The van der Waals surface area contributed by atoms with Gasteiger partial charge in [-0.3, -0.25) is 9.59 Å². The second kappa shape index (κ2) is 10.3. The third-order valence-corrected chi connectivity index (χ3v) is 4.46. The lowest BCUT2D eigenvalue weighted by molar-refractivity contribution is -0.132. The van der Waals surface area contributed by atoms with Gasteiger partial charge in [-0.05, 0) is 24.4 Å². The highest BCUT2D eigenvalue weighted by Crippen LogP contribution is 2.32. The maximum absolute atomic E-state index is 12.4. The fraction of sp³-hybridized carbons (Fsp3) is 0.556. The summed E-state index contributed by atoms with van der Waals surface area (Å²) in [7, 11) is 0. The number of nitrogens with two attached hydrogens (primary N) is 1. The van der Waals surface area contributed by atoms with E-state index < -0.39 is 0 Å². The Hall–Kier alpha value is -1.59. The molecule has 3 N–H and O–H groups in total. The van der Waals surface area contributed by atoms with Crippen LogP contribution in [0.1, 0.15) is 37.7 Å². The van der Waals surface area contributed by atoms with E-state index in [1.165, 1.54) is 5.56 Å². The van der Waals surface area contributed by atoms with Crippen molar-refractivity contribution < 1.29 is 9.59 Å². The predicted octanol–water partition coefficient (Wildman–Crippen LogP) is 1.92. The number of nitrogens with one attached hydrogen (secondary N) is 1. The van der Waals surface area contributed by atoms with E-state index in [1.54, 1.807) is 0 Å². The zero-order valence-corrected chi connectivity index (χ0v) is 15.1. The zero-order valence-electron chi connectivity index (χ0n) is 14.2. The van der Waals surface area contributed by atoms with Gasteiger partial charge in [-0.1, -0.05) is 37.3 Å². The van der Waals surface area contributed by atoms with Gasteiger partial charge in [0.1, 0.15) is 0 Å². The third-order valence-electron chi connectivity index (χ3n) is 4.46. The second-order valence-corrected chi connectivity index (χ2v) is 6.16. The van der Waals surface area contributed by atoms with Gasteiger partial charge in [0.2, 0.25) is 11.8 Å². The van der Waals surface area contributed by atoms with E-state index in [9.17, 15) is 9.59 Å². The lowest BCUT2D eigenvalue weighted by Gasteiger charge is -2.16. The summed E-state index contributed by atoms with van der Waals surface area (Å²) in [4.78, 5) is 25.9. The van der Waals surface area contributed by atoms with Crippen molar-refractivity contribution in [2.75, 3.05) is 26.2 Å². The molecule has 1 aromatic rings. The molecule has 0 aliphatic carbocycles. The predicted molar refractivity (Wildman–Crippen MR) is 98.1 cm³/mol. The topological polar surface area (TPSA) is 75.4 Å². The Balaban J connectivity index is 0.00000288. The molecule has 0 spiro atoms. The summed E-state index contributed by atoms with van der Waals surface area (Å²) in [5, 5.41) is 2.80. The Bertz CT molecular complexity index is 524. The molecule has 1 saturated heterocycles. The molecule has 0 unspecified atom stereocenters. The van der Waals surface area contributed by atoms with Crippen molar-refractivity contribution in [3.8, 4) is 0 Å². The van der Waals surface area contributed by atoms with Crippen LogP contribution in [0.3, 0.4) is 0 Å². The Kier molecular flexibility index (Phi) is 8.79. The van der Waals surface area contributed by atoms with Crippen LogP contribution >= 0.6 is 12.4 Å². The molecule has 2 rings (SSSR count). The van der Waals surface area contributed by atoms with Crippen molar-refractivity contribution in [1.82, 2.24) is 10.2 Å². The van der Waals surface area contributed by atoms with Gasteiger partial charge in [0.25, 0.3) is 0 Å². The van der Waals surface area contributed by atoms with E-state index in [-0.39, 0.29) is 43.0 Å². The van der Waals surface area contributed by atoms with Crippen LogP contribution in [-0.4, -0.2) is 42.9 Å². The molecular formula is C18H28ClN3O2. The summed E-state index contributed by atoms with van der Waals surface area (Å²) in [5.41, 5.74) is 7.13. The van der Waals surface area contributed by atoms with Crippen LogP contribution in [0.15, 0.2) is 30.3 Å². The molecule has 1 aromatic carbocycles. The molecule has 2 amide bonds. The number of amides is 2. The minimum absolute atomic E-state index is 0. The maximum atomic E-state index is 12.4. The molecule has 5 nitrogen and oxygen atoms in total. The Morgan fingerprint density at radius 3 is 2.54 bits per heavy atom. The normalized spacial score (nSPS) is 19.7. The minimum atomic E-state index is -0.0469. The fourth-order valence-corrected chi connectivity index (χ4v) is 3.12. The monoisotopic (exact) mass is 353 g/mol. The number of rotatable bonds is 7. The molecule has 1 aliphatic rings. The number of hydrogen-bond donors (Lipinski definition) is 2. The Labute approximate surface area is 150 Å². The third kappa shape index (κ3) is 5.49. The first-order valence-electron chi connectivity index (χ1n) is 8.45. The van der Waals surface area contributed by atoms with Gasteiger partial charge in [-0.2, -0.15) is 0 Å². The van der Waals surface area contributed by atoms with Gasteiger partial charge < -0.3 is 16.0 Å². The van der Waals surface area contributed by atoms with Crippen molar-refractivity contribution in [3.63, 3.8) is 0 Å². The number of benzene rings is 1. The summed E-state index contributed by atoms with van der Waals surface area (Å²) in [6.45, 7) is 4.63. The van der Waals surface area contributed by atoms with Gasteiger partial charge in [0, 0.05) is 38.4 Å². The van der Waals surface area contributed by atoms with Crippen molar-refractivity contribution in [1.29, 1.82) is 0 Å². The van der Waals surface area contributed by atoms with Crippen molar-refractivity contribution in [3.05, 3.63) is 35.9 Å². The van der Waals surface area contributed by atoms with Crippen molar-refractivity contribution >= 4 is 24.2 Å².